The number of ether oxygens (including phenoxy) is 1. The summed E-state index contributed by atoms with van der Waals surface area (Å²) in [5.74, 6) is 0. The zero-order chi connectivity index (χ0) is 14.5. The lowest BCUT2D eigenvalue weighted by atomic mass is 9.96. The molecule has 112 valence electrons. The van der Waals surface area contributed by atoms with E-state index in [4.69, 9.17) is 4.74 Å². The van der Waals surface area contributed by atoms with Gasteiger partial charge in [0, 0.05) is 13.1 Å². The van der Waals surface area contributed by atoms with Crippen LogP contribution in [0.3, 0.4) is 0 Å². The van der Waals surface area contributed by atoms with Crippen molar-refractivity contribution in [1.29, 1.82) is 0 Å². The summed E-state index contributed by atoms with van der Waals surface area (Å²) in [6.45, 7) is 10.7. The lowest BCUT2D eigenvalue weighted by molar-refractivity contribution is -0.0459. The number of aryl methyl sites for hydroxylation is 2. The standard InChI is InChI=1S/C17H28N2O/c1-5-6-19-7-8-20-16(12-19)17(18-4)15-10-13(2)9-14(3)11-15/h9-11,16-18H,5-8,12H2,1-4H3. The van der Waals surface area contributed by atoms with Crippen LogP contribution in [0.4, 0.5) is 0 Å². The normalized spacial score (nSPS) is 21.9. The predicted octanol–water partition coefficient (Wildman–Crippen LogP) is 2.67. The molecule has 2 unspecified atom stereocenters. The Morgan fingerprint density at radius 2 is 2.00 bits per heavy atom. The van der Waals surface area contributed by atoms with Gasteiger partial charge >= 0.3 is 0 Å². The van der Waals surface area contributed by atoms with E-state index in [1.807, 2.05) is 7.05 Å². The molecule has 2 atom stereocenters. The van der Waals surface area contributed by atoms with E-state index in [9.17, 15) is 0 Å². The van der Waals surface area contributed by atoms with E-state index in [-0.39, 0.29) is 12.1 Å². The molecule has 20 heavy (non-hydrogen) atoms. The van der Waals surface area contributed by atoms with Crippen LogP contribution in [0.15, 0.2) is 18.2 Å². The monoisotopic (exact) mass is 276 g/mol. The molecular formula is C17H28N2O. The van der Waals surface area contributed by atoms with Crippen LogP contribution < -0.4 is 5.32 Å². The zero-order valence-electron chi connectivity index (χ0n) is 13.3. The Balaban J connectivity index is 2.14. The number of morpholine rings is 1. The number of rotatable bonds is 5. The van der Waals surface area contributed by atoms with Crippen LogP contribution in [0.25, 0.3) is 0 Å². The van der Waals surface area contributed by atoms with Gasteiger partial charge in [0.15, 0.2) is 0 Å². The van der Waals surface area contributed by atoms with Gasteiger partial charge in [-0.15, -0.1) is 0 Å². The molecule has 1 aromatic rings. The second kappa shape index (κ2) is 7.21. The summed E-state index contributed by atoms with van der Waals surface area (Å²) in [5, 5.41) is 3.45. The van der Waals surface area contributed by atoms with Crippen molar-refractivity contribution >= 4 is 0 Å². The molecule has 1 fully saturated rings. The smallest absolute Gasteiger partial charge is 0.0896 e. The van der Waals surface area contributed by atoms with Crippen molar-refractivity contribution in [3.8, 4) is 0 Å². The maximum absolute atomic E-state index is 6.04. The summed E-state index contributed by atoms with van der Waals surface area (Å²) in [6.07, 6.45) is 1.45. The van der Waals surface area contributed by atoms with E-state index in [1.165, 1.54) is 29.7 Å². The molecule has 1 aromatic carbocycles. The molecule has 1 N–H and O–H groups in total. The fraction of sp³-hybridized carbons (Fsp3) is 0.647. The highest BCUT2D eigenvalue weighted by molar-refractivity contribution is 5.31. The largest absolute Gasteiger partial charge is 0.374 e. The van der Waals surface area contributed by atoms with Crippen LogP contribution in [0.5, 0.6) is 0 Å². The van der Waals surface area contributed by atoms with E-state index in [1.54, 1.807) is 0 Å². The fourth-order valence-electron chi connectivity index (χ4n) is 3.21. The number of benzene rings is 1. The number of likely N-dealkylation sites (N-methyl/N-ethyl adjacent to an activating group) is 1. The maximum atomic E-state index is 6.04. The highest BCUT2D eigenvalue weighted by Gasteiger charge is 2.28. The molecule has 2 rings (SSSR count). The molecule has 0 radical (unpaired) electrons. The quantitative estimate of drug-likeness (QED) is 0.895. The second-order valence-electron chi connectivity index (χ2n) is 5.90. The van der Waals surface area contributed by atoms with Gasteiger partial charge in [0.25, 0.3) is 0 Å². The molecule has 0 saturated carbocycles. The van der Waals surface area contributed by atoms with Gasteiger partial charge in [-0.25, -0.2) is 0 Å². The number of nitrogens with one attached hydrogen (secondary N) is 1. The van der Waals surface area contributed by atoms with E-state index in [0.29, 0.717) is 0 Å². The topological polar surface area (TPSA) is 24.5 Å². The van der Waals surface area contributed by atoms with E-state index >= 15 is 0 Å². The van der Waals surface area contributed by atoms with Crippen LogP contribution in [0.2, 0.25) is 0 Å². The van der Waals surface area contributed by atoms with Gasteiger partial charge in [-0.3, -0.25) is 4.90 Å². The summed E-state index contributed by atoms with van der Waals surface area (Å²) in [4.78, 5) is 2.52. The lowest BCUT2D eigenvalue weighted by Crippen LogP contribution is -2.47. The number of hydrogen-bond acceptors (Lipinski definition) is 3. The van der Waals surface area contributed by atoms with Crippen LogP contribution in [-0.4, -0.2) is 44.3 Å². The first-order valence-corrected chi connectivity index (χ1v) is 7.73. The second-order valence-corrected chi connectivity index (χ2v) is 5.90. The Labute approximate surface area is 123 Å². The average molecular weight is 276 g/mol. The summed E-state index contributed by atoms with van der Waals surface area (Å²) in [5.41, 5.74) is 3.98. The van der Waals surface area contributed by atoms with Gasteiger partial charge in [-0.1, -0.05) is 36.2 Å². The van der Waals surface area contributed by atoms with Crippen LogP contribution >= 0.6 is 0 Å². The SMILES string of the molecule is CCCN1CCOC(C(NC)c2cc(C)cc(C)c2)C1. The van der Waals surface area contributed by atoms with E-state index in [2.05, 4.69) is 49.2 Å². The van der Waals surface area contributed by atoms with Crippen LogP contribution in [0, 0.1) is 13.8 Å². The Bertz CT molecular complexity index is 411. The summed E-state index contributed by atoms with van der Waals surface area (Å²) >= 11 is 0. The Hall–Kier alpha value is -0.900. The molecule has 1 aliphatic heterocycles. The molecule has 1 heterocycles. The van der Waals surface area contributed by atoms with Gasteiger partial charge < -0.3 is 10.1 Å². The maximum Gasteiger partial charge on any atom is 0.0896 e. The molecular weight excluding hydrogens is 248 g/mol. The van der Waals surface area contributed by atoms with Gasteiger partial charge in [0.2, 0.25) is 0 Å². The highest BCUT2D eigenvalue weighted by Crippen LogP contribution is 2.24. The number of hydrogen-bond donors (Lipinski definition) is 1. The third-order valence-electron chi connectivity index (χ3n) is 4.00. The van der Waals surface area contributed by atoms with Crippen molar-refractivity contribution in [3.63, 3.8) is 0 Å². The first kappa shape index (κ1) is 15.5. The molecule has 0 aliphatic carbocycles. The lowest BCUT2D eigenvalue weighted by Gasteiger charge is -2.37. The first-order chi connectivity index (χ1) is 9.63. The molecule has 3 nitrogen and oxygen atoms in total. The van der Waals surface area contributed by atoms with Crippen molar-refractivity contribution in [2.75, 3.05) is 33.3 Å². The van der Waals surface area contributed by atoms with Crippen LogP contribution in [0.1, 0.15) is 36.1 Å². The molecule has 0 amide bonds. The third-order valence-corrected chi connectivity index (χ3v) is 4.00. The molecule has 1 saturated heterocycles. The predicted molar refractivity (Wildman–Crippen MR) is 84.2 cm³/mol. The Morgan fingerprint density at radius 3 is 2.60 bits per heavy atom. The van der Waals surface area contributed by atoms with Crippen molar-refractivity contribution < 1.29 is 4.74 Å². The third kappa shape index (κ3) is 3.81. The minimum absolute atomic E-state index is 0.237. The van der Waals surface area contributed by atoms with E-state index in [0.717, 1.165) is 19.7 Å². The van der Waals surface area contributed by atoms with Crippen molar-refractivity contribution in [1.82, 2.24) is 10.2 Å². The minimum Gasteiger partial charge on any atom is -0.374 e. The van der Waals surface area contributed by atoms with E-state index < -0.39 is 0 Å². The van der Waals surface area contributed by atoms with Crippen molar-refractivity contribution in [3.05, 3.63) is 34.9 Å². The number of nitrogens with zero attached hydrogens (tertiary/aromatic N) is 1. The first-order valence-electron chi connectivity index (χ1n) is 7.73. The van der Waals surface area contributed by atoms with Crippen molar-refractivity contribution in [2.45, 2.75) is 39.3 Å². The van der Waals surface area contributed by atoms with Gasteiger partial charge in [0.1, 0.15) is 0 Å². The Kier molecular flexibility index (Phi) is 5.58. The van der Waals surface area contributed by atoms with Crippen LogP contribution in [-0.2, 0) is 4.74 Å². The average Bonchev–Trinajstić information content (AvgIpc) is 2.39. The summed E-state index contributed by atoms with van der Waals surface area (Å²) in [7, 11) is 2.03. The zero-order valence-corrected chi connectivity index (χ0v) is 13.3. The molecule has 3 heteroatoms. The summed E-state index contributed by atoms with van der Waals surface area (Å²) in [6, 6.07) is 7.04. The fourth-order valence-corrected chi connectivity index (χ4v) is 3.21. The molecule has 0 aromatic heterocycles. The van der Waals surface area contributed by atoms with Crippen molar-refractivity contribution in [2.24, 2.45) is 0 Å². The Morgan fingerprint density at radius 1 is 1.30 bits per heavy atom. The highest BCUT2D eigenvalue weighted by atomic mass is 16.5. The molecule has 0 spiro atoms. The van der Waals surface area contributed by atoms with Gasteiger partial charge in [0.05, 0.1) is 18.8 Å². The minimum atomic E-state index is 0.237. The van der Waals surface area contributed by atoms with Gasteiger partial charge in [-0.05, 0) is 39.4 Å². The summed E-state index contributed by atoms with van der Waals surface area (Å²) < 4.78 is 6.04. The molecule has 1 aliphatic rings. The molecule has 0 bridgehead atoms. The van der Waals surface area contributed by atoms with Gasteiger partial charge in [-0.2, -0.15) is 0 Å².